The molecule has 0 aromatic carbocycles. The van der Waals surface area contributed by atoms with E-state index in [2.05, 4.69) is 106 Å². The Morgan fingerprint density at radius 3 is 1.08 bits per heavy atom. The molecule has 0 aromatic heterocycles. The molecule has 0 N–H and O–H groups in total. The van der Waals surface area contributed by atoms with Crippen molar-refractivity contribution >= 4 is 56.3 Å². The van der Waals surface area contributed by atoms with E-state index in [1.54, 1.807) is 8.02 Å². The summed E-state index contributed by atoms with van der Waals surface area (Å²) in [6.45, 7) is 37.6. The number of nitrogens with zero attached hydrogens (tertiary/aromatic N) is 3. The van der Waals surface area contributed by atoms with E-state index in [0.717, 1.165) is 0 Å². The highest BCUT2D eigenvalue weighted by atomic mass is 31.8. The Kier molecular flexibility index (Phi) is 8.89. The van der Waals surface area contributed by atoms with Crippen LogP contribution in [-0.2, 0) is 0 Å². The fraction of sp³-hybridized carbons (Fsp3) is 1.00. The van der Waals surface area contributed by atoms with Gasteiger partial charge in [-0.3, -0.25) is 12.4 Å². The van der Waals surface area contributed by atoms with Crippen molar-refractivity contribution in [1.82, 2.24) is 8.00 Å². The van der Waals surface area contributed by atoms with E-state index in [0.29, 0.717) is 0 Å². The monoisotopic (exact) mass is 469 g/mol. The average Bonchev–Trinajstić information content (AvgIpc) is 2.15. The van der Waals surface area contributed by atoms with E-state index >= 15 is 0 Å². The fourth-order valence-corrected chi connectivity index (χ4v) is 44.8. The standard InChI is InChI=1S/C15H45N3P2Si5/c1-21(2,3)16-20(18(24(10,11)12)25(13,14)15)19-17(22(4,5)6)23(7,8)9/h1-15H3. The minimum atomic E-state index is -1.47. The van der Waals surface area contributed by atoms with E-state index in [1.807, 2.05) is 0 Å². The molecule has 0 aromatic rings. The Morgan fingerprint density at radius 2 is 0.880 bits per heavy atom. The van der Waals surface area contributed by atoms with Gasteiger partial charge in [-0.2, -0.15) is 0 Å². The lowest BCUT2D eigenvalue weighted by molar-refractivity contribution is 0.978. The quantitative estimate of drug-likeness (QED) is 0.277. The molecule has 0 aliphatic heterocycles. The van der Waals surface area contributed by atoms with Crippen LogP contribution >= 0.6 is 15.2 Å². The Morgan fingerprint density at radius 1 is 0.560 bits per heavy atom. The van der Waals surface area contributed by atoms with Gasteiger partial charge in [0.1, 0.15) is 32.9 Å². The Bertz CT molecular complexity index is 512. The van der Waals surface area contributed by atoms with Crippen molar-refractivity contribution in [3.63, 3.8) is 0 Å². The smallest absolute Gasteiger partial charge is 0.179 e. The number of rotatable bonds is 7. The van der Waals surface area contributed by atoms with Gasteiger partial charge in [0.25, 0.3) is 0 Å². The molecule has 0 bridgehead atoms. The summed E-state index contributed by atoms with van der Waals surface area (Å²) >= 11 is 0. The first-order chi connectivity index (χ1) is 10.6. The van der Waals surface area contributed by atoms with Gasteiger partial charge >= 0.3 is 0 Å². The van der Waals surface area contributed by atoms with Crippen molar-refractivity contribution in [2.24, 2.45) is 4.41 Å². The largest absolute Gasteiger partial charge is 0.295 e. The Labute approximate surface area is 166 Å². The van der Waals surface area contributed by atoms with E-state index in [-0.39, 0.29) is 0 Å². The molecule has 0 spiro atoms. The second-order valence-corrected chi connectivity index (χ2v) is 41.8. The van der Waals surface area contributed by atoms with Gasteiger partial charge in [0.15, 0.2) is 8.24 Å². The van der Waals surface area contributed by atoms with Crippen LogP contribution in [0, 0.1) is 0 Å². The maximum atomic E-state index is 5.60. The molecular formula is C15H45N3P2Si5. The zero-order chi connectivity index (χ0) is 20.6. The second-order valence-electron chi connectivity index (χ2n) is 11.9. The third-order valence-electron chi connectivity index (χ3n) is 3.28. The average molecular weight is 470 g/mol. The van der Waals surface area contributed by atoms with E-state index < -0.39 is 48.3 Å². The van der Waals surface area contributed by atoms with Gasteiger partial charge in [-0.1, -0.05) is 78.6 Å². The summed E-state index contributed by atoms with van der Waals surface area (Å²) in [4.78, 5) is 0. The first kappa shape index (κ1) is 26.4. The third-order valence-corrected chi connectivity index (χ3v) is 33.5. The molecule has 0 rings (SSSR count). The number of hydrogen-bond donors (Lipinski definition) is 0. The van der Waals surface area contributed by atoms with E-state index in [9.17, 15) is 0 Å². The molecule has 0 saturated heterocycles. The molecule has 0 fully saturated rings. The first-order valence-electron chi connectivity index (χ1n) is 9.42. The van der Waals surface area contributed by atoms with Crippen molar-refractivity contribution in [3.05, 3.63) is 0 Å². The molecule has 0 amide bonds. The minimum Gasteiger partial charge on any atom is -0.295 e. The molecule has 1 unspecified atom stereocenters. The predicted octanol–water partition coefficient (Wildman–Crippen LogP) is 8.12. The second kappa shape index (κ2) is 8.41. The van der Waals surface area contributed by atoms with Gasteiger partial charge in [0.2, 0.25) is 0 Å². The molecule has 10 heteroatoms. The summed E-state index contributed by atoms with van der Waals surface area (Å²) < 4.78 is 11.5. The first-order valence-corrected chi connectivity index (χ1v) is 29.5. The Balaban J connectivity index is 6.80. The van der Waals surface area contributed by atoms with Gasteiger partial charge < -0.3 is 0 Å². The van der Waals surface area contributed by atoms with E-state index in [4.69, 9.17) is 4.41 Å². The molecule has 0 heterocycles. The van der Waals surface area contributed by atoms with Crippen molar-refractivity contribution in [1.29, 1.82) is 0 Å². The molecule has 0 aliphatic rings. The van der Waals surface area contributed by atoms with Crippen LogP contribution < -0.4 is 0 Å². The molecule has 0 radical (unpaired) electrons. The lowest BCUT2D eigenvalue weighted by Crippen LogP contribution is -2.55. The summed E-state index contributed by atoms with van der Waals surface area (Å²) in [6, 6.07) is 0. The van der Waals surface area contributed by atoms with Gasteiger partial charge in [-0.15, -0.1) is 0 Å². The highest BCUT2D eigenvalue weighted by molar-refractivity contribution is 7.89. The molecule has 0 saturated carbocycles. The molecule has 150 valence electrons. The van der Waals surface area contributed by atoms with Crippen molar-refractivity contribution in [2.75, 3.05) is 0 Å². The maximum absolute atomic E-state index is 5.60. The van der Waals surface area contributed by atoms with Crippen LogP contribution in [-0.4, -0.2) is 49.2 Å². The molecule has 3 nitrogen and oxygen atoms in total. The zero-order valence-electron chi connectivity index (χ0n) is 19.7. The van der Waals surface area contributed by atoms with Crippen LogP contribution in [0.3, 0.4) is 0 Å². The van der Waals surface area contributed by atoms with Crippen LogP contribution in [0.1, 0.15) is 0 Å². The SMILES string of the molecule is C[Si](C)(C)N=P(=PN([Si](C)(C)C)[Si](C)(C)C)N([Si](C)(C)C)[Si](C)(C)C. The number of hydrogen-bond acceptors (Lipinski definition) is 1. The van der Waals surface area contributed by atoms with Crippen LogP contribution in [0.15, 0.2) is 4.41 Å². The third kappa shape index (κ3) is 9.44. The zero-order valence-corrected chi connectivity index (χ0v) is 26.5. The van der Waals surface area contributed by atoms with Gasteiger partial charge in [-0.25, -0.2) is 0 Å². The predicted molar refractivity (Wildman–Crippen MR) is 137 cm³/mol. The topological polar surface area (TPSA) is 18.8 Å². The lowest BCUT2D eigenvalue weighted by Gasteiger charge is -2.44. The van der Waals surface area contributed by atoms with Crippen LogP contribution in [0.5, 0.6) is 0 Å². The molecule has 25 heavy (non-hydrogen) atoms. The van der Waals surface area contributed by atoms with Gasteiger partial charge in [-0.05, 0) is 19.6 Å². The molecule has 1 atom stereocenters. The molecule has 0 aliphatic carbocycles. The van der Waals surface area contributed by atoms with E-state index in [1.165, 1.54) is 0 Å². The van der Waals surface area contributed by atoms with Crippen molar-refractivity contribution < 1.29 is 0 Å². The maximum Gasteiger partial charge on any atom is 0.179 e. The summed E-state index contributed by atoms with van der Waals surface area (Å²) in [6.07, 6.45) is 0. The van der Waals surface area contributed by atoms with Crippen LogP contribution in [0.25, 0.3) is 0 Å². The normalized spacial score (nSPS) is 16.3. The lowest BCUT2D eigenvalue weighted by atomic mass is 11.8. The summed E-state index contributed by atoms with van der Waals surface area (Å²) in [5, 5.41) is 0. The van der Waals surface area contributed by atoms with Gasteiger partial charge in [0, 0.05) is 8.02 Å². The molecular weight excluding hydrogens is 425 g/mol. The summed E-state index contributed by atoms with van der Waals surface area (Å²) in [5.74, 6) is 0. The minimum absolute atomic E-state index is 0.445. The summed E-state index contributed by atoms with van der Waals surface area (Å²) in [5.41, 5.74) is 0. The van der Waals surface area contributed by atoms with Crippen molar-refractivity contribution in [3.8, 4) is 0 Å². The highest BCUT2D eigenvalue weighted by Crippen LogP contribution is 2.46. The summed E-state index contributed by atoms with van der Waals surface area (Å²) in [7, 11) is -5.95. The Hall–Kier alpha value is 1.40. The highest BCUT2D eigenvalue weighted by Gasteiger charge is 2.39. The van der Waals surface area contributed by atoms with Crippen molar-refractivity contribution in [2.45, 2.75) is 98.2 Å². The van der Waals surface area contributed by atoms with Gasteiger partial charge in [0.05, 0.1) is 7.15 Å². The fourth-order valence-electron chi connectivity index (χ4n) is 3.27. The van der Waals surface area contributed by atoms with Crippen LogP contribution in [0.4, 0.5) is 0 Å². The van der Waals surface area contributed by atoms with Crippen LogP contribution in [0.2, 0.25) is 98.2 Å².